The van der Waals surface area contributed by atoms with Crippen LogP contribution in [0.5, 0.6) is 0 Å². The Balaban J connectivity index is 0.000000462. The molecular weight excluding hydrogens is 664 g/mol. The average molecular weight is 703 g/mol. The van der Waals surface area contributed by atoms with Gasteiger partial charge in [0.25, 0.3) is 0 Å². The number of hydrogen-bond donors (Lipinski definition) is 0. The van der Waals surface area contributed by atoms with E-state index in [1.165, 1.54) is 56.9 Å². The van der Waals surface area contributed by atoms with E-state index < -0.39 is 16.5 Å². The molecule has 1 unspecified atom stereocenters. The van der Waals surface area contributed by atoms with E-state index in [0.717, 1.165) is 0 Å². The maximum absolute atomic E-state index is 4.88. The van der Waals surface area contributed by atoms with Crippen molar-refractivity contribution in [3.05, 3.63) is 101 Å². The van der Waals surface area contributed by atoms with Crippen LogP contribution in [0.4, 0.5) is 0 Å². The third kappa shape index (κ3) is 11.2. The summed E-state index contributed by atoms with van der Waals surface area (Å²) in [4.78, 5) is 0. The van der Waals surface area contributed by atoms with E-state index in [0.29, 0.717) is 8.20 Å². The third-order valence-electron chi connectivity index (χ3n) is 5.55. The predicted molar refractivity (Wildman–Crippen MR) is 156 cm³/mol. The van der Waals surface area contributed by atoms with Gasteiger partial charge >= 0.3 is 35.3 Å². The van der Waals surface area contributed by atoms with Crippen LogP contribution in [0.2, 0.25) is 0 Å². The van der Waals surface area contributed by atoms with Gasteiger partial charge in [-0.15, -0.1) is 0 Å². The van der Waals surface area contributed by atoms with Gasteiger partial charge in [0, 0.05) is 11.1 Å². The Bertz CT molecular complexity index is 886. The van der Waals surface area contributed by atoms with Crippen LogP contribution in [-0.2, 0) is 16.5 Å². The van der Waals surface area contributed by atoms with Gasteiger partial charge < -0.3 is 0 Å². The second kappa shape index (κ2) is 17.9. The molecule has 1 atom stereocenters. The Kier molecular flexibility index (Phi) is 16.6. The fourth-order valence-corrected chi connectivity index (χ4v) is 6.68. The van der Waals surface area contributed by atoms with Crippen LogP contribution in [0.15, 0.2) is 72.8 Å². The summed E-state index contributed by atoms with van der Waals surface area (Å²) in [6, 6.07) is 26.1. The van der Waals surface area contributed by atoms with E-state index in [1.54, 1.807) is 0 Å². The molecule has 5 heteroatoms. The van der Waals surface area contributed by atoms with Crippen molar-refractivity contribution in [2.75, 3.05) is 18.5 Å². The summed E-state index contributed by atoms with van der Waals surface area (Å²) in [6.07, 6.45) is 4.37. The maximum atomic E-state index is 4.88. The Labute approximate surface area is 221 Å². The van der Waals surface area contributed by atoms with Crippen molar-refractivity contribution in [2.45, 2.75) is 41.5 Å². The van der Waals surface area contributed by atoms with Gasteiger partial charge in [-0.1, -0.05) is 78.4 Å². The molecule has 0 bridgehead atoms. The van der Waals surface area contributed by atoms with Gasteiger partial charge in [-0.05, 0) is 60.6 Å². The SMILES string of the molecule is CC[PH+](CC)CC.Cc1cc(C)c([PH+]=C(c2ccccc2)c2ccccc2)c(C)c1.[Cl][Pt][Cl]. The number of hydrogen-bond acceptors (Lipinski definition) is 0. The van der Waals surface area contributed by atoms with Gasteiger partial charge in [0.1, 0.15) is 8.20 Å². The minimum atomic E-state index is -0.472. The minimum absolute atomic E-state index is 0.137. The van der Waals surface area contributed by atoms with Crippen LogP contribution in [0.3, 0.4) is 0 Å². The van der Waals surface area contributed by atoms with Crippen LogP contribution in [0.1, 0.15) is 48.6 Å². The summed E-state index contributed by atoms with van der Waals surface area (Å²) in [7, 11) is 10.5. The summed E-state index contributed by atoms with van der Waals surface area (Å²) in [5.41, 5.74) is 6.76. The molecule has 0 N–H and O–H groups in total. The number of benzene rings is 3. The van der Waals surface area contributed by atoms with E-state index in [-0.39, 0.29) is 7.92 Å². The molecule has 182 valence electrons. The Morgan fingerprint density at radius 1 is 0.727 bits per heavy atom. The third-order valence-corrected chi connectivity index (χ3v) is 10.4. The summed E-state index contributed by atoms with van der Waals surface area (Å²) < 4.78 is 0. The van der Waals surface area contributed by atoms with E-state index in [4.69, 9.17) is 18.8 Å². The van der Waals surface area contributed by atoms with E-state index in [1.807, 2.05) is 0 Å². The summed E-state index contributed by atoms with van der Waals surface area (Å²) >= 11 is -0.472. The first-order chi connectivity index (χ1) is 15.9. The molecule has 0 saturated carbocycles. The van der Waals surface area contributed by atoms with Crippen LogP contribution in [0.25, 0.3) is 0 Å². The second-order valence-corrected chi connectivity index (χ2v) is 16.0. The van der Waals surface area contributed by atoms with Crippen molar-refractivity contribution in [3.8, 4) is 0 Å². The van der Waals surface area contributed by atoms with Crippen LogP contribution < -0.4 is 5.30 Å². The topological polar surface area (TPSA) is 0 Å². The quantitative estimate of drug-likeness (QED) is 0.226. The fourth-order valence-electron chi connectivity index (χ4n) is 3.77. The van der Waals surface area contributed by atoms with Crippen LogP contribution in [0, 0.1) is 20.8 Å². The molecule has 3 aromatic rings. The standard InChI is InChI=1S/C22H21P.C6H15P.2ClH.Pt/c1-16-14-17(2)21(18(3)15-16)23-22(19-10-6-4-7-11-19)20-12-8-5-9-13-20;1-4-7(5-2)6-3;;;/h4-15H,1-3H3;4-6H2,1-3H3;2*1H;/q;;;;+2. The predicted octanol–water partition coefficient (Wildman–Crippen LogP) is 8.82. The Morgan fingerprint density at radius 3 is 1.39 bits per heavy atom. The van der Waals surface area contributed by atoms with Gasteiger partial charge in [0.15, 0.2) is 10.6 Å². The molecular formula is C28H38Cl2P2Pt+2. The van der Waals surface area contributed by atoms with Crippen LogP contribution >= 0.6 is 35.0 Å². The Hall–Kier alpha value is -0.472. The fraction of sp³-hybridized carbons (Fsp3) is 0.321. The summed E-state index contributed by atoms with van der Waals surface area (Å²) in [5.74, 6) is 0. The van der Waals surface area contributed by atoms with Crippen molar-refractivity contribution < 1.29 is 16.5 Å². The van der Waals surface area contributed by atoms with Crippen molar-refractivity contribution in [3.63, 3.8) is 0 Å². The normalized spacial score (nSPS) is 10.3. The number of rotatable bonds is 6. The molecule has 0 aliphatic rings. The van der Waals surface area contributed by atoms with Gasteiger partial charge in [-0.3, -0.25) is 0 Å². The van der Waals surface area contributed by atoms with E-state index in [9.17, 15) is 0 Å². The first kappa shape index (κ1) is 30.6. The molecule has 0 nitrogen and oxygen atoms in total. The molecule has 3 aromatic carbocycles. The Morgan fingerprint density at radius 2 is 1.09 bits per heavy atom. The van der Waals surface area contributed by atoms with Gasteiger partial charge in [0.05, 0.1) is 18.5 Å². The molecule has 0 amide bonds. The first-order valence-electron chi connectivity index (χ1n) is 11.4. The van der Waals surface area contributed by atoms with E-state index >= 15 is 0 Å². The number of aryl methyl sites for hydroxylation is 3. The van der Waals surface area contributed by atoms with Crippen molar-refractivity contribution >= 4 is 45.6 Å². The van der Waals surface area contributed by atoms with Crippen molar-refractivity contribution in [1.82, 2.24) is 0 Å². The first-order valence-corrected chi connectivity index (χ1v) is 20.1. The monoisotopic (exact) mass is 701 g/mol. The molecule has 0 aliphatic carbocycles. The second-order valence-electron chi connectivity index (χ2n) is 7.86. The van der Waals surface area contributed by atoms with Gasteiger partial charge in [-0.2, -0.15) is 0 Å². The zero-order valence-corrected chi connectivity index (χ0v) is 26.4. The molecule has 3 rings (SSSR count). The van der Waals surface area contributed by atoms with Gasteiger partial charge in [0.2, 0.25) is 0 Å². The molecule has 0 spiro atoms. The molecule has 0 radical (unpaired) electrons. The molecule has 0 aliphatic heterocycles. The average Bonchev–Trinajstić information content (AvgIpc) is 2.82. The summed E-state index contributed by atoms with van der Waals surface area (Å²) in [5, 5.41) is 2.89. The van der Waals surface area contributed by atoms with Gasteiger partial charge in [-0.25, -0.2) is 0 Å². The molecule has 0 aromatic heterocycles. The van der Waals surface area contributed by atoms with Crippen molar-refractivity contribution in [2.24, 2.45) is 0 Å². The van der Waals surface area contributed by atoms with Crippen molar-refractivity contribution in [1.29, 1.82) is 0 Å². The number of halogens is 2. The molecule has 33 heavy (non-hydrogen) atoms. The van der Waals surface area contributed by atoms with E-state index in [2.05, 4.69) is 114 Å². The molecule has 0 saturated heterocycles. The van der Waals surface area contributed by atoms with Crippen LogP contribution in [-0.4, -0.2) is 23.8 Å². The zero-order valence-electron chi connectivity index (χ0n) is 20.6. The molecule has 0 fully saturated rings. The molecule has 0 heterocycles. The zero-order chi connectivity index (χ0) is 24.6. The summed E-state index contributed by atoms with van der Waals surface area (Å²) in [6.45, 7) is 13.6.